The highest BCUT2D eigenvalue weighted by Crippen LogP contribution is 2.22. The second kappa shape index (κ2) is 13.9. The van der Waals surface area contributed by atoms with Gasteiger partial charge in [-0.25, -0.2) is 13.2 Å². The van der Waals surface area contributed by atoms with Crippen molar-refractivity contribution in [1.29, 1.82) is 0 Å². The predicted molar refractivity (Wildman–Crippen MR) is 141 cm³/mol. The zero-order valence-electron chi connectivity index (χ0n) is 22.3. The van der Waals surface area contributed by atoms with Gasteiger partial charge in [0.25, 0.3) is 0 Å². The fraction of sp³-hybridized carbons (Fsp3) is 0.519. The molecule has 3 rings (SSSR count). The summed E-state index contributed by atoms with van der Waals surface area (Å²) < 4.78 is 49.5. The van der Waals surface area contributed by atoms with E-state index in [9.17, 15) is 18.3 Å². The molecule has 0 saturated carbocycles. The van der Waals surface area contributed by atoms with E-state index in [1.165, 1.54) is 30.7 Å². The molecular formula is C27H38N2O8S. The number of amides is 1. The molecule has 2 aromatic rings. The van der Waals surface area contributed by atoms with Gasteiger partial charge in [0, 0.05) is 26.6 Å². The number of rotatable bonds is 13. The number of nitrogens with one attached hydrogen (secondary N) is 1. The minimum atomic E-state index is -3.94. The van der Waals surface area contributed by atoms with Crippen LogP contribution in [-0.4, -0.2) is 82.4 Å². The van der Waals surface area contributed by atoms with E-state index in [4.69, 9.17) is 18.9 Å². The van der Waals surface area contributed by atoms with Gasteiger partial charge in [0.15, 0.2) is 6.29 Å². The van der Waals surface area contributed by atoms with E-state index in [1.54, 1.807) is 12.1 Å². The molecule has 1 amide bonds. The molecule has 0 spiro atoms. The Hall–Kier alpha value is -2.70. The number of methoxy groups -OCH3 is 2. The topological polar surface area (TPSA) is 124 Å². The summed E-state index contributed by atoms with van der Waals surface area (Å²) in [5.41, 5.74) is 0.869. The van der Waals surface area contributed by atoms with Crippen LogP contribution in [0.4, 0.5) is 4.79 Å². The van der Waals surface area contributed by atoms with Gasteiger partial charge in [-0.05, 0) is 42.2 Å². The van der Waals surface area contributed by atoms with Gasteiger partial charge in [-0.2, -0.15) is 4.31 Å². The Kier molecular flexibility index (Phi) is 10.9. The van der Waals surface area contributed by atoms with Crippen molar-refractivity contribution in [3.8, 4) is 5.75 Å². The first kappa shape index (κ1) is 29.9. The molecule has 1 heterocycles. The molecule has 4 atom stereocenters. The third-order valence-corrected chi connectivity index (χ3v) is 8.03. The summed E-state index contributed by atoms with van der Waals surface area (Å²) in [5.74, 6) is 0.534. The van der Waals surface area contributed by atoms with Crippen molar-refractivity contribution in [2.75, 3.05) is 33.9 Å². The first-order chi connectivity index (χ1) is 18.1. The Balaban J connectivity index is 1.78. The quantitative estimate of drug-likeness (QED) is 0.390. The number of ether oxygens (including phenoxy) is 4. The lowest BCUT2D eigenvalue weighted by Crippen LogP contribution is -2.51. The molecule has 2 N–H and O–H groups in total. The number of hydrogen-bond donors (Lipinski definition) is 2. The average molecular weight is 551 g/mol. The van der Waals surface area contributed by atoms with Crippen molar-refractivity contribution in [2.24, 2.45) is 5.92 Å². The normalized spacial score (nSPS) is 19.3. The van der Waals surface area contributed by atoms with Crippen LogP contribution >= 0.6 is 0 Å². The van der Waals surface area contributed by atoms with Crippen LogP contribution in [0.2, 0.25) is 0 Å². The third-order valence-electron chi connectivity index (χ3n) is 6.18. The number of nitrogens with zero attached hydrogens (tertiary/aromatic N) is 1. The second-order valence-electron chi connectivity index (χ2n) is 9.66. The summed E-state index contributed by atoms with van der Waals surface area (Å²) in [6, 6.07) is 14.6. The standard InChI is InChI=1S/C27H38N2O8S/c1-19(2)16-29(38(32,33)23-12-10-21(34-3)11-13-23)17-25(30)24(14-20-8-6-5-7-9-20)28-27(31)37-22-15-26(35-4)36-18-22/h5-13,19,22,24-26,30H,14-18H2,1-4H3,(H,28,31)/t22-,24+,25-,26-/m1/s1. The van der Waals surface area contributed by atoms with Crippen LogP contribution in [0.3, 0.4) is 0 Å². The lowest BCUT2D eigenvalue weighted by atomic mass is 10.0. The summed E-state index contributed by atoms with van der Waals surface area (Å²) >= 11 is 0. The molecule has 0 aromatic heterocycles. The number of benzene rings is 2. The Morgan fingerprint density at radius 2 is 1.79 bits per heavy atom. The number of hydrogen-bond acceptors (Lipinski definition) is 8. The van der Waals surface area contributed by atoms with Crippen LogP contribution in [-0.2, 0) is 30.7 Å². The molecule has 1 saturated heterocycles. The molecule has 0 bridgehead atoms. The molecule has 10 nitrogen and oxygen atoms in total. The Bertz CT molecular complexity index is 1110. The fourth-order valence-corrected chi connectivity index (χ4v) is 5.83. The van der Waals surface area contributed by atoms with Crippen molar-refractivity contribution < 1.29 is 37.3 Å². The van der Waals surface area contributed by atoms with Crippen molar-refractivity contribution in [3.05, 3.63) is 60.2 Å². The van der Waals surface area contributed by atoms with E-state index in [-0.39, 0.29) is 36.9 Å². The van der Waals surface area contributed by atoms with Crippen LogP contribution < -0.4 is 10.1 Å². The average Bonchev–Trinajstić information content (AvgIpc) is 3.35. The van der Waals surface area contributed by atoms with E-state index in [2.05, 4.69) is 5.32 Å². The molecule has 1 aliphatic rings. The summed E-state index contributed by atoms with van der Waals surface area (Å²) in [5, 5.41) is 14.0. The van der Waals surface area contributed by atoms with E-state index in [1.807, 2.05) is 44.2 Å². The lowest BCUT2D eigenvalue weighted by Gasteiger charge is -2.30. The fourth-order valence-electron chi connectivity index (χ4n) is 4.21. The number of carbonyl (C=O) groups excluding carboxylic acids is 1. The predicted octanol–water partition coefficient (Wildman–Crippen LogP) is 2.80. The van der Waals surface area contributed by atoms with Crippen molar-refractivity contribution in [3.63, 3.8) is 0 Å². The van der Waals surface area contributed by atoms with Crippen LogP contribution in [0.1, 0.15) is 25.8 Å². The van der Waals surface area contributed by atoms with Crippen LogP contribution in [0.25, 0.3) is 0 Å². The first-order valence-electron chi connectivity index (χ1n) is 12.6. The number of aliphatic hydroxyl groups is 1. The van der Waals surface area contributed by atoms with Crippen LogP contribution in [0.5, 0.6) is 5.75 Å². The molecule has 38 heavy (non-hydrogen) atoms. The lowest BCUT2D eigenvalue weighted by molar-refractivity contribution is -0.0883. The van der Waals surface area contributed by atoms with Gasteiger partial charge in [-0.1, -0.05) is 44.2 Å². The molecule has 210 valence electrons. The second-order valence-corrected chi connectivity index (χ2v) is 11.6. The minimum absolute atomic E-state index is 0.00295. The summed E-state index contributed by atoms with van der Waals surface area (Å²) in [6.45, 7) is 3.97. The van der Waals surface area contributed by atoms with Crippen molar-refractivity contribution >= 4 is 16.1 Å². The molecule has 0 radical (unpaired) electrons. The van der Waals surface area contributed by atoms with Gasteiger partial charge in [0.2, 0.25) is 10.0 Å². The van der Waals surface area contributed by atoms with Gasteiger partial charge in [0.05, 0.1) is 30.8 Å². The zero-order chi connectivity index (χ0) is 27.7. The molecule has 1 aliphatic heterocycles. The zero-order valence-corrected chi connectivity index (χ0v) is 23.1. The Morgan fingerprint density at radius 1 is 1.11 bits per heavy atom. The number of carbonyl (C=O) groups is 1. The highest BCUT2D eigenvalue weighted by Gasteiger charge is 2.33. The van der Waals surface area contributed by atoms with E-state index >= 15 is 0 Å². The van der Waals surface area contributed by atoms with Crippen molar-refractivity contribution in [2.45, 2.75) is 56.1 Å². The van der Waals surface area contributed by atoms with E-state index in [0.29, 0.717) is 12.2 Å². The molecule has 11 heteroatoms. The summed E-state index contributed by atoms with van der Waals surface area (Å²) in [4.78, 5) is 12.8. The number of sulfonamides is 1. The van der Waals surface area contributed by atoms with E-state index in [0.717, 1.165) is 5.56 Å². The summed E-state index contributed by atoms with van der Waals surface area (Å²) in [6.07, 6.45) is -2.19. The monoisotopic (exact) mass is 550 g/mol. The summed E-state index contributed by atoms with van der Waals surface area (Å²) in [7, 11) is -0.914. The molecular weight excluding hydrogens is 512 g/mol. The third kappa shape index (κ3) is 8.40. The minimum Gasteiger partial charge on any atom is -0.497 e. The number of alkyl carbamates (subject to hydrolysis) is 1. The van der Waals surface area contributed by atoms with Crippen molar-refractivity contribution in [1.82, 2.24) is 9.62 Å². The van der Waals surface area contributed by atoms with Gasteiger partial charge >= 0.3 is 6.09 Å². The highest BCUT2D eigenvalue weighted by molar-refractivity contribution is 7.89. The first-order valence-corrected chi connectivity index (χ1v) is 14.0. The number of aliphatic hydroxyl groups excluding tert-OH is 1. The molecule has 1 fully saturated rings. The van der Waals surface area contributed by atoms with Gasteiger partial charge < -0.3 is 29.4 Å². The Labute approximate surface area is 224 Å². The highest BCUT2D eigenvalue weighted by atomic mass is 32.2. The Morgan fingerprint density at radius 3 is 2.37 bits per heavy atom. The van der Waals surface area contributed by atoms with E-state index < -0.39 is 40.7 Å². The molecule has 0 aliphatic carbocycles. The van der Waals surface area contributed by atoms with Crippen LogP contribution in [0.15, 0.2) is 59.5 Å². The van der Waals surface area contributed by atoms with Crippen LogP contribution in [0, 0.1) is 5.92 Å². The maximum absolute atomic E-state index is 13.5. The van der Waals surface area contributed by atoms with Gasteiger partial charge in [-0.15, -0.1) is 0 Å². The maximum Gasteiger partial charge on any atom is 0.407 e. The smallest absolute Gasteiger partial charge is 0.407 e. The largest absolute Gasteiger partial charge is 0.497 e. The maximum atomic E-state index is 13.5. The SMILES string of the molecule is COc1ccc(S(=O)(=O)N(CC(C)C)C[C@@H](O)[C@H](Cc2ccccc2)NC(=O)O[C@H]2CO[C@@H](OC)C2)cc1. The van der Waals surface area contributed by atoms with Gasteiger partial charge in [-0.3, -0.25) is 0 Å². The molecule has 0 unspecified atom stereocenters. The van der Waals surface area contributed by atoms with Gasteiger partial charge in [0.1, 0.15) is 11.9 Å². The molecule has 2 aromatic carbocycles.